The van der Waals surface area contributed by atoms with Crippen LogP contribution >= 0.6 is 0 Å². The molecule has 0 aliphatic rings. The maximum atomic E-state index is 10.4. The van der Waals surface area contributed by atoms with Crippen LogP contribution in [0.1, 0.15) is 21.9 Å². The lowest BCUT2D eigenvalue weighted by Gasteiger charge is -2.27. The first-order chi connectivity index (χ1) is 34.0. The monoisotopic (exact) mass is 718 g/mol. The summed E-state index contributed by atoms with van der Waals surface area (Å²) in [6.07, 6.45) is 0. The molecular formula is C52H34N2O. The number of rotatable bonds is 6. The second-order valence-electron chi connectivity index (χ2n) is 12.9. The molecule has 0 amide bonds. The van der Waals surface area contributed by atoms with Gasteiger partial charge in [-0.3, -0.25) is 0 Å². The van der Waals surface area contributed by atoms with E-state index in [4.69, 9.17) is 16.8 Å². The molecule has 11 rings (SSSR count). The number of benzene rings is 9. The van der Waals surface area contributed by atoms with Gasteiger partial charge in [-0.1, -0.05) is 151 Å². The van der Waals surface area contributed by atoms with Crippen LogP contribution in [-0.4, -0.2) is 4.57 Å². The molecule has 2 heterocycles. The summed E-state index contributed by atoms with van der Waals surface area (Å²) in [6, 6.07) is 23.5. The lowest BCUT2D eigenvalue weighted by atomic mass is 10.00. The molecule has 55 heavy (non-hydrogen) atoms. The van der Waals surface area contributed by atoms with Gasteiger partial charge in [0, 0.05) is 38.3 Å². The first-order valence-electron chi connectivity index (χ1n) is 25.5. The van der Waals surface area contributed by atoms with Crippen LogP contribution in [0, 0.1) is 0 Å². The van der Waals surface area contributed by atoms with Gasteiger partial charge in [0.15, 0.2) is 0 Å². The molecule has 0 atom stereocenters. The van der Waals surface area contributed by atoms with Gasteiger partial charge in [0.05, 0.1) is 49.7 Å². The van der Waals surface area contributed by atoms with E-state index in [0.717, 1.165) is 26.8 Å². The highest BCUT2D eigenvalue weighted by Gasteiger charge is 2.23. The predicted molar refractivity (Wildman–Crippen MR) is 231 cm³/mol. The Morgan fingerprint density at radius 3 is 1.49 bits per heavy atom. The van der Waals surface area contributed by atoms with Gasteiger partial charge < -0.3 is 13.9 Å². The molecule has 3 heteroatoms. The van der Waals surface area contributed by atoms with Crippen LogP contribution in [0.3, 0.4) is 0 Å². The van der Waals surface area contributed by atoms with Crippen molar-refractivity contribution < 1.29 is 26.3 Å². The molecule has 9 aromatic carbocycles. The van der Waals surface area contributed by atoms with Crippen LogP contribution in [0.25, 0.3) is 82.5 Å². The molecule has 258 valence electrons. The molecule has 0 saturated heterocycles. The summed E-state index contributed by atoms with van der Waals surface area (Å²) in [4.78, 5) is 1.67. The molecule has 0 fully saturated rings. The number of nitrogens with zero attached hydrogens (tertiary/aromatic N) is 2. The van der Waals surface area contributed by atoms with E-state index in [0.29, 0.717) is 11.4 Å². The molecule has 2 aromatic heterocycles. The minimum Gasteiger partial charge on any atom is -0.455 e. The molecule has 0 N–H and O–H groups in total. The van der Waals surface area contributed by atoms with Gasteiger partial charge in [-0.05, 0) is 76.7 Å². The van der Waals surface area contributed by atoms with E-state index < -0.39 is 108 Å². The molecule has 0 aliphatic heterocycles. The van der Waals surface area contributed by atoms with E-state index in [-0.39, 0.29) is 54.6 Å². The SMILES string of the molecule is [2H]c1c([2H])c(-n2c3c([2H])c([2H])c([2H])c([2H])c3c3c([2H])c([2H])c([2H])c([2H])c32)c2c(oc3c4c([2H])c([2H])c([2H])c([2H])c4c(N(c4ccc(-c5ccccc5)cc4)c4ccc(-c5ccccc5)cc4)c([2H])c32)c1[2H]. The van der Waals surface area contributed by atoms with Crippen molar-refractivity contribution in [3.05, 3.63) is 206 Å². The minimum absolute atomic E-state index is 0.0767. The fourth-order valence-electron chi connectivity index (χ4n) is 7.35. The van der Waals surface area contributed by atoms with E-state index in [2.05, 4.69) is 0 Å². The van der Waals surface area contributed by atoms with Crippen molar-refractivity contribution in [3.8, 4) is 27.9 Å². The van der Waals surface area contributed by atoms with Crippen LogP contribution in [0.4, 0.5) is 17.1 Å². The standard InChI is InChI=1S/C52H34N2O/c1-3-14-35(15-4-1)37-26-30-39(31-27-37)53(40-32-28-38(29-33-40)36-16-5-2-6-17-36)49-34-45-51-48(24-13-25-50(51)55-52(45)44-21-8-7-20-43(44)49)54-46-22-11-9-18-41(46)42-19-10-12-23-47(42)54/h1-34H/i7D,8D,9D,10D,11D,12D,13D,18D,19D,20D,21D,22D,23D,24D,25D,34D. The van der Waals surface area contributed by atoms with E-state index in [1.165, 1.54) is 0 Å². The third kappa shape index (κ3) is 5.05. The summed E-state index contributed by atoms with van der Waals surface area (Å²) >= 11 is 0. The Morgan fingerprint density at radius 2 is 0.927 bits per heavy atom. The number of hydrogen-bond acceptors (Lipinski definition) is 2. The Bertz CT molecular complexity index is 3940. The van der Waals surface area contributed by atoms with Gasteiger partial charge >= 0.3 is 0 Å². The summed E-state index contributed by atoms with van der Waals surface area (Å²) < 4.78 is 154. The van der Waals surface area contributed by atoms with Crippen LogP contribution in [0.15, 0.2) is 210 Å². The first-order valence-corrected chi connectivity index (χ1v) is 17.5. The van der Waals surface area contributed by atoms with Crippen molar-refractivity contribution in [3.63, 3.8) is 0 Å². The Balaban J connectivity index is 1.36. The molecule has 3 nitrogen and oxygen atoms in total. The molecule has 0 bridgehead atoms. The molecule has 0 radical (unpaired) electrons. The van der Waals surface area contributed by atoms with Gasteiger partial charge in [-0.25, -0.2) is 0 Å². The van der Waals surface area contributed by atoms with Crippen LogP contribution in [0.2, 0.25) is 0 Å². The first kappa shape index (κ1) is 19.1. The number of para-hydroxylation sites is 2. The summed E-state index contributed by atoms with van der Waals surface area (Å²) in [6.45, 7) is 0. The average molecular weight is 719 g/mol. The second-order valence-corrected chi connectivity index (χ2v) is 12.9. The second kappa shape index (κ2) is 12.6. The van der Waals surface area contributed by atoms with Crippen molar-refractivity contribution in [1.29, 1.82) is 0 Å². The van der Waals surface area contributed by atoms with Gasteiger partial charge in [-0.15, -0.1) is 0 Å². The summed E-state index contributed by atoms with van der Waals surface area (Å²) in [7, 11) is 0. The number of hydrogen-bond donors (Lipinski definition) is 0. The third-order valence-corrected chi connectivity index (χ3v) is 9.84. The van der Waals surface area contributed by atoms with Gasteiger partial charge in [0.25, 0.3) is 0 Å². The maximum absolute atomic E-state index is 10.4. The summed E-state index contributed by atoms with van der Waals surface area (Å²) in [5.41, 5.74) is 2.43. The lowest BCUT2D eigenvalue weighted by Crippen LogP contribution is -2.10. The number of fused-ring (bicyclic) bond motifs is 8. The zero-order valence-electron chi connectivity index (χ0n) is 44.7. The van der Waals surface area contributed by atoms with Crippen LogP contribution in [0.5, 0.6) is 0 Å². The Hall–Kier alpha value is -7.36. The number of anilines is 3. The van der Waals surface area contributed by atoms with Gasteiger partial charge in [-0.2, -0.15) is 0 Å². The fourth-order valence-corrected chi connectivity index (χ4v) is 7.35. The highest BCUT2D eigenvalue weighted by Crippen LogP contribution is 2.47. The number of furan rings is 1. The van der Waals surface area contributed by atoms with E-state index >= 15 is 0 Å². The Morgan fingerprint density at radius 1 is 0.436 bits per heavy atom. The van der Waals surface area contributed by atoms with Crippen molar-refractivity contribution in [2.45, 2.75) is 0 Å². The number of aromatic nitrogens is 1. The molecule has 0 unspecified atom stereocenters. The van der Waals surface area contributed by atoms with Crippen molar-refractivity contribution in [1.82, 2.24) is 4.57 Å². The fraction of sp³-hybridized carbons (Fsp3) is 0. The Labute approximate surface area is 341 Å². The normalized spacial score (nSPS) is 15.7. The smallest absolute Gasteiger partial charge is 0.143 e. The molecule has 0 saturated carbocycles. The highest BCUT2D eigenvalue weighted by atomic mass is 16.3. The maximum Gasteiger partial charge on any atom is 0.143 e. The van der Waals surface area contributed by atoms with Crippen molar-refractivity contribution >= 4 is 71.6 Å². The van der Waals surface area contributed by atoms with Gasteiger partial charge in [0.1, 0.15) is 11.2 Å². The van der Waals surface area contributed by atoms with Crippen LogP contribution < -0.4 is 4.90 Å². The summed E-state index contributed by atoms with van der Waals surface area (Å²) in [5.74, 6) is 0. The Kier molecular flexibility index (Phi) is 4.39. The van der Waals surface area contributed by atoms with Crippen molar-refractivity contribution in [2.24, 2.45) is 0 Å². The zero-order chi connectivity index (χ0) is 50.2. The largest absolute Gasteiger partial charge is 0.455 e. The molecular weight excluding hydrogens is 669 g/mol. The van der Waals surface area contributed by atoms with Gasteiger partial charge in [0.2, 0.25) is 0 Å². The van der Waals surface area contributed by atoms with Crippen LogP contribution in [-0.2, 0) is 0 Å². The summed E-state index contributed by atoms with van der Waals surface area (Å²) in [5, 5.41) is -1.45. The quantitative estimate of drug-likeness (QED) is 0.171. The zero-order valence-corrected chi connectivity index (χ0v) is 28.7. The van der Waals surface area contributed by atoms with E-state index in [1.54, 1.807) is 4.90 Å². The van der Waals surface area contributed by atoms with Crippen molar-refractivity contribution in [2.75, 3.05) is 4.90 Å². The van der Waals surface area contributed by atoms with E-state index in [1.807, 2.05) is 109 Å². The highest BCUT2D eigenvalue weighted by molar-refractivity contribution is 6.22. The molecule has 11 aromatic rings. The van der Waals surface area contributed by atoms with E-state index in [9.17, 15) is 9.60 Å². The minimum atomic E-state index is -0.750. The molecule has 0 aliphatic carbocycles. The topological polar surface area (TPSA) is 21.3 Å². The lowest BCUT2D eigenvalue weighted by molar-refractivity contribution is 0.672. The molecule has 0 spiro atoms. The average Bonchev–Trinajstić information content (AvgIpc) is 3.96. The predicted octanol–water partition coefficient (Wildman–Crippen LogP) is 14.6. The third-order valence-electron chi connectivity index (χ3n) is 9.84.